The first kappa shape index (κ1) is 32.8. The Labute approximate surface area is 267 Å². The quantitative estimate of drug-likeness (QED) is 0.149. The summed E-state index contributed by atoms with van der Waals surface area (Å²) in [4.78, 5) is 11.9. The highest BCUT2D eigenvalue weighted by molar-refractivity contribution is 5.75. The molecule has 0 bridgehead atoms. The van der Waals surface area contributed by atoms with Crippen LogP contribution in [0.3, 0.4) is 0 Å². The Kier molecular flexibility index (Phi) is 12.0. The molecule has 2 aromatic carbocycles. The number of hydrogen-bond donors (Lipinski definition) is 2. The van der Waals surface area contributed by atoms with Crippen LogP contribution in [-0.2, 0) is 17.8 Å². The number of amides is 1. The number of unbranched alkanes of at least 4 members (excludes halogenated alkanes) is 7. The van der Waals surface area contributed by atoms with Gasteiger partial charge < -0.3 is 15.2 Å². The fourth-order valence-electron chi connectivity index (χ4n) is 8.71. The molecule has 2 saturated carbocycles. The summed E-state index contributed by atoms with van der Waals surface area (Å²) in [5, 5.41) is 14.1. The van der Waals surface area contributed by atoms with Gasteiger partial charge in [-0.1, -0.05) is 94.5 Å². The van der Waals surface area contributed by atoms with E-state index in [2.05, 4.69) is 73.8 Å². The van der Waals surface area contributed by atoms with E-state index >= 15 is 0 Å². The van der Waals surface area contributed by atoms with E-state index in [1.54, 1.807) is 0 Å². The first-order valence-corrected chi connectivity index (χ1v) is 17.9. The summed E-state index contributed by atoms with van der Waals surface area (Å²) >= 11 is 0. The van der Waals surface area contributed by atoms with Gasteiger partial charge in [0.15, 0.2) is 0 Å². The molecule has 0 unspecified atom stereocenters. The number of benzene rings is 2. The highest BCUT2D eigenvalue weighted by Crippen LogP contribution is 2.62. The minimum atomic E-state index is -0.150. The van der Waals surface area contributed by atoms with Crippen molar-refractivity contribution < 1.29 is 14.6 Å². The predicted octanol–water partition coefficient (Wildman–Crippen LogP) is 9.30. The molecule has 44 heavy (non-hydrogen) atoms. The molecule has 1 amide bonds. The Morgan fingerprint density at radius 3 is 2.66 bits per heavy atom. The van der Waals surface area contributed by atoms with E-state index in [1.165, 1.54) is 48.8 Å². The average Bonchev–Trinajstić information content (AvgIpc) is 3.34. The molecule has 0 saturated heterocycles. The van der Waals surface area contributed by atoms with E-state index < -0.39 is 0 Å². The van der Waals surface area contributed by atoms with E-state index in [4.69, 9.17) is 4.74 Å². The van der Waals surface area contributed by atoms with Crippen LogP contribution in [0.4, 0.5) is 0 Å². The molecule has 0 radical (unpaired) electrons. The molecule has 6 atom stereocenters. The van der Waals surface area contributed by atoms with Gasteiger partial charge in [0.2, 0.25) is 5.91 Å². The third kappa shape index (κ3) is 8.16. The van der Waals surface area contributed by atoms with Crippen LogP contribution in [0.1, 0.15) is 126 Å². The molecule has 2 aromatic rings. The monoisotopic (exact) mass is 599 g/mol. The van der Waals surface area contributed by atoms with Gasteiger partial charge in [0.25, 0.3) is 0 Å². The van der Waals surface area contributed by atoms with Gasteiger partial charge in [-0.3, -0.25) is 4.79 Å². The van der Waals surface area contributed by atoms with Crippen molar-refractivity contribution in [1.29, 1.82) is 0 Å². The third-order valence-corrected chi connectivity index (χ3v) is 11.3. The number of ether oxygens (including phenoxy) is 1. The van der Waals surface area contributed by atoms with Gasteiger partial charge in [0.1, 0.15) is 12.4 Å². The molecular formula is C40H57NO3. The number of aliphatic hydroxyl groups excluding tert-OH is 1. The molecule has 5 rings (SSSR count). The lowest BCUT2D eigenvalue weighted by molar-refractivity contribution is -0.121. The van der Waals surface area contributed by atoms with Gasteiger partial charge >= 0.3 is 0 Å². The molecule has 0 aliphatic heterocycles. The summed E-state index contributed by atoms with van der Waals surface area (Å²) in [5.41, 5.74) is 4.26. The van der Waals surface area contributed by atoms with Crippen LogP contribution in [-0.4, -0.2) is 23.7 Å². The van der Waals surface area contributed by atoms with Gasteiger partial charge in [-0.15, -0.1) is 0 Å². The third-order valence-electron chi connectivity index (χ3n) is 11.3. The summed E-state index contributed by atoms with van der Waals surface area (Å²) < 4.78 is 6.25. The topological polar surface area (TPSA) is 58.6 Å². The number of fused-ring (bicyclic) bond motifs is 5. The first-order chi connectivity index (χ1) is 21.5. The summed E-state index contributed by atoms with van der Waals surface area (Å²) in [6, 6.07) is 17.3. The fraction of sp³-hybridized carbons (Fsp3) is 0.625. The predicted molar refractivity (Wildman–Crippen MR) is 181 cm³/mol. The second-order valence-electron chi connectivity index (χ2n) is 14.2. The van der Waals surface area contributed by atoms with Crippen molar-refractivity contribution in [2.75, 3.05) is 6.54 Å². The van der Waals surface area contributed by atoms with E-state index in [0.29, 0.717) is 36.7 Å². The molecule has 2 N–H and O–H groups in total. The van der Waals surface area contributed by atoms with Crippen LogP contribution in [0.25, 0.3) is 0 Å². The van der Waals surface area contributed by atoms with E-state index in [0.717, 1.165) is 70.1 Å². The van der Waals surface area contributed by atoms with Gasteiger partial charge in [-0.25, -0.2) is 0 Å². The van der Waals surface area contributed by atoms with Crippen molar-refractivity contribution in [2.45, 2.75) is 129 Å². The Morgan fingerprint density at radius 2 is 1.82 bits per heavy atom. The molecule has 0 heterocycles. The maximum absolute atomic E-state index is 11.9. The first-order valence-electron chi connectivity index (χ1n) is 17.9. The van der Waals surface area contributed by atoms with Crippen molar-refractivity contribution in [1.82, 2.24) is 5.32 Å². The van der Waals surface area contributed by atoms with E-state index in [-0.39, 0.29) is 17.4 Å². The largest absolute Gasteiger partial charge is 0.489 e. The van der Waals surface area contributed by atoms with Gasteiger partial charge in [-0.05, 0) is 116 Å². The molecule has 4 heteroatoms. The highest BCUT2D eigenvalue weighted by atomic mass is 16.5. The summed E-state index contributed by atoms with van der Waals surface area (Å²) in [7, 11) is 0. The van der Waals surface area contributed by atoms with Crippen molar-refractivity contribution >= 4 is 5.91 Å². The van der Waals surface area contributed by atoms with Crippen LogP contribution >= 0.6 is 0 Å². The molecule has 0 aromatic heterocycles. The summed E-state index contributed by atoms with van der Waals surface area (Å²) in [5.74, 6) is 3.50. The zero-order chi connectivity index (χ0) is 30.8. The SMILES string of the molecule is CCCCCC(=O)NCCCCCCCC=C[C@@H]1Cc2cc(OCc3ccccc3)ccc2[C@H]2CC[C@]3(C)[C@@H](O)CC[C@H]3[C@H]12. The molecular weight excluding hydrogens is 542 g/mol. The fourth-order valence-corrected chi connectivity index (χ4v) is 8.71. The Morgan fingerprint density at radius 1 is 1.00 bits per heavy atom. The van der Waals surface area contributed by atoms with Gasteiger partial charge in [0.05, 0.1) is 6.10 Å². The lowest BCUT2D eigenvalue weighted by atomic mass is 9.52. The molecule has 240 valence electrons. The van der Waals surface area contributed by atoms with Gasteiger partial charge in [0, 0.05) is 13.0 Å². The van der Waals surface area contributed by atoms with Gasteiger partial charge in [-0.2, -0.15) is 0 Å². The number of hydrogen-bond acceptors (Lipinski definition) is 3. The van der Waals surface area contributed by atoms with Crippen molar-refractivity contribution in [2.24, 2.45) is 23.2 Å². The molecule has 3 aliphatic carbocycles. The average molecular weight is 600 g/mol. The zero-order valence-electron chi connectivity index (χ0n) is 27.4. The maximum Gasteiger partial charge on any atom is 0.219 e. The normalized spacial score (nSPS) is 27.5. The number of nitrogens with one attached hydrogen (secondary N) is 1. The minimum absolute atomic E-state index is 0.0679. The molecule has 2 fully saturated rings. The number of carbonyl (C=O) groups is 1. The number of aliphatic hydroxyl groups is 1. The second kappa shape index (κ2) is 16.1. The van der Waals surface area contributed by atoms with Crippen LogP contribution in [0, 0.1) is 23.2 Å². The Balaban J connectivity index is 1.14. The van der Waals surface area contributed by atoms with Crippen LogP contribution in [0.5, 0.6) is 5.75 Å². The standard InChI is InChI=1S/C40H57NO3/c1-3-4-11-19-38(43)41-26-15-9-7-5-6-8-14-18-31-27-32-28-33(44-29-30-16-12-10-13-17-30)20-21-34(32)35-24-25-40(2)36(39(31)35)22-23-37(40)42/h10,12-14,16-18,20-21,28,31,35-37,39,42H,3-9,11,15,19,22-27,29H2,1-2H3,(H,41,43)/t31-,35-,36+,37+,39-,40+/m1/s1. The van der Waals surface area contributed by atoms with Crippen LogP contribution in [0.2, 0.25) is 0 Å². The lowest BCUT2D eigenvalue weighted by Gasteiger charge is -2.52. The highest BCUT2D eigenvalue weighted by Gasteiger charge is 2.56. The lowest BCUT2D eigenvalue weighted by Crippen LogP contribution is -2.46. The minimum Gasteiger partial charge on any atom is -0.489 e. The van der Waals surface area contributed by atoms with E-state index in [1.807, 2.05) is 6.07 Å². The molecule has 0 spiro atoms. The Bertz CT molecular complexity index is 1210. The van der Waals surface area contributed by atoms with Crippen LogP contribution < -0.4 is 10.1 Å². The maximum atomic E-state index is 11.9. The number of carbonyl (C=O) groups excluding carboxylic acids is 1. The van der Waals surface area contributed by atoms with Crippen molar-refractivity contribution in [3.8, 4) is 5.75 Å². The summed E-state index contributed by atoms with van der Waals surface area (Å²) in [6.07, 6.45) is 21.5. The Hall–Kier alpha value is -2.59. The molecule has 3 aliphatic rings. The van der Waals surface area contributed by atoms with Crippen molar-refractivity contribution in [3.63, 3.8) is 0 Å². The molecule has 4 nitrogen and oxygen atoms in total. The zero-order valence-corrected chi connectivity index (χ0v) is 27.4. The van der Waals surface area contributed by atoms with E-state index in [9.17, 15) is 9.90 Å². The van der Waals surface area contributed by atoms with Crippen LogP contribution in [0.15, 0.2) is 60.7 Å². The summed E-state index contributed by atoms with van der Waals surface area (Å²) in [6.45, 7) is 5.97. The smallest absolute Gasteiger partial charge is 0.219 e. The second-order valence-corrected chi connectivity index (χ2v) is 14.2. The number of rotatable bonds is 16. The number of allylic oxidation sites excluding steroid dienone is 2. The van der Waals surface area contributed by atoms with Crippen molar-refractivity contribution in [3.05, 3.63) is 77.4 Å².